The molecule has 6 nitrogen and oxygen atoms in total. The minimum Gasteiger partial charge on any atom is -0.444 e. The lowest BCUT2D eigenvalue weighted by molar-refractivity contribution is 0.0470. The first-order valence-corrected chi connectivity index (χ1v) is 8.35. The van der Waals surface area contributed by atoms with Gasteiger partial charge in [0.1, 0.15) is 5.60 Å². The van der Waals surface area contributed by atoms with Gasteiger partial charge in [-0.05, 0) is 47.1 Å². The van der Waals surface area contributed by atoms with Crippen LogP contribution in [0.2, 0.25) is 0 Å². The summed E-state index contributed by atoms with van der Waals surface area (Å²) in [5, 5.41) is 2.91. The number of hydrogen-bond acceptors (Lipinski definition) is 5. The monoisotopic (exact) mass is 320 g/mol. The van der Waals surface area contributed by atoms with Crippen molar-refractivity contribution in [1.29, 1.82) is 0 Å². The Bertz CT molecular complexity index is 501. The van der Waals surface area contributed by atoms with E-state index in [4.69, 9.17) is 4.74 Å². The molecule has 1 fully saturated rings. The van der Waals surface area contributed by atoms with Crippen LogP contribution in [0.3, 0.4) is 0 Å². The molecule has 6 heteroatoms. The van der Waals surface area contributed by atoms with Gasteiger partial charge in [0, 0.05) is 31.2 Å². The van der Waals surface area contributed by atoms with Crippen molar-refractivity contribution in [2.45, 2.75) is 64.6 Å². The van der Waals surface area contributed by atoms with Crippen molar-refractivity contribution < 1.29 is 9.53 Å². The van der Waals surface area contributed by atoms with Crippen molar-refractivity contribution in [1.82, 2.24) is 20.2 Å². The van der Waals surface area contributed by atoms with E-state index in [1.54, 1.807) is 12.4 Å². The standard InChI is InChI=1S/C17H28N4O2/c1-13(15-12-18-8-9-19-15)21-10-6-5-7-14(21)11-20-16(22)23-17(2,3)4/h8-9,12-14H,5-7,10-11H2,1-4H3,(H,20,22). The molecule has 1 aliphatic heterocycles. The van der Waals surface area contributed by atoms with Crippen molar-refractivity contribution >= 4 is 6.09 Å². The Kier molecular flexibility index (Phi) is 5.93. The third-order valence-electron chi connectivity index (χ3n) is 4.06. The molecule has 0 aromatic carbocycles. The van der Waals surface area contributed by atoms with Crippen LogP contribution in [-0.4, -0.2) is 45.7 Å². The molecule has 0 saturated carbocycles. The Labute approximate surface area is 138 Å². The summed E-state index contributed by atoms with van der Waals surface area (Å²) in [5.41, 5.74) is 0.500. The fraction of sp³-hybridized carbons (Fsp3) is 0.706. The second-order valence-corrected chi connectivity index (χ2v) is 7.08. The highest BCUT2D eigenvalue weighted by molar-refractivity contribution is 5.67. The first-order chi connectivity index (χ1) is 10.9. The SMILES string of the molecule is CC(c1cnccn1)N1CCCCC1CNC(=O)OC(C)(C)C. The molecule has 1 aliphatic rings. The molecule has 1 aromatic heterocycles. The number of aromatic nitrogens is 2. The van der Waals surface area contributed by atoms with Crippen molar-refractivity contribution in [3.63, 3.8) is 0 Å². The van der Waals surface area contributed by atoms with Gasteiger partial charge in [-0.3, -0.25) is 14.9 Å². The van der Waals surface area contributed by atoms with Crippen LogP contribution in [0.5, 0.6) is 0 Å². The molecule has 2 rings (SSSR count). The molecule has 2 unspecified atom stereocenters. The van der Waals surface area contributed by atoms with Gasteiger partial charge in [0.25, 0.3) is 0 Å². The Morgan fingerprint density at radius 2 is 2.22 bits per heavy atom. The summed E-state index contributed by atoms with van der Waals surface area (Å²) in [5.74, 6) is 0. The molecule has 0 radical (unpaired) electrons. The quantitative estimate of drug-likeness (QED) is 0.924. The molecule has 1 amide bonds. The number of carbonyl (C=O) groups is 1. The molecule has 0 aliphatic carbocycles. The summed E-state index contributed by atoms with van der Waals surface area (Å²) in [6.45, 7) is 9.37. The zero-order valence-corrected chi connectivity index (χ0v) is 14.6. The molecule has 2 heterocycles. The topological polar surface area (TPSA) is 67.4 Å². The number of amides is 1. The van der Waals surface area contributed by atoms with Crippen LogP contribution in [0.4, 0.5) is 4.79 Å². The van der Waals surface area contributed by atoms with Crippen LogP contribution in [0, 0.1) is 0 Å². The fourth-order valence-electron chi connectivity index (χ4n) is 2.96. The van der Waals surface area contributed by atoms with Gasteiger partial charge in [0.15, 0.2) is 0 Å². The molecule has 2 atom stereocenters. The minimum atomic E-state index is -0.469. The number of ether oxygens (including phenoxy) is 1. The van der Waals surface area contributed by atoms with E-state index in [9.17, 15) is 4.79 Å². The van der Waals surface area contributed by atoms with Crippen molar-refractivity contribution in [2.75, 3.05) is 13.1 Å². The maximum atomic E-state index is 11.9. The summed E-state index contributed by atoms with van der Waals surface area (Å²) in [6, 6.07) is 0.489. The summed E-state index contributed by atoms with van der Waals surface area (Å²) < 4.78 is 5.32. The van der Waals surface area contributed by atoms with E-state index in [-0.39, 0.29) is 12.1 Å². The van der Waals surface area contributed by atoms with Gasteiger partial charge >= 0.3 is 6.09 Å². The molecule has 0 spiro atoms. The Hall–Kier alpha value is -1.69. The highest BCUT2D eigenvalue weighted by atomic mass is 16.6. The van der Waals surface area contributed by atoms with Crippen LogP contribution in [0.1, 0.15) is 58.7 Å². The van der Waals surface area contributed by atoms with Gasteiger partial charge in [0.05, 0.1) is 11.7 Å². The zero-order chi connectivity index (χ0) is 16.9. The number of carbonyl (C=O) groups excluding carboxylic acids is 1. The van der Waals surface area contributed by atoms with E-state index in [2.05, 4.69) is 27.1 Å². The normalized spacial score (nSPS) is 20.8. The van der Waals surface area contributed by atoms with E-state index in [1.165, 1.54) is 12.8 Å². The molecule has 128 valence electrons. The van der Waals surface area contributed by atoms with E-state index < -0.39 is 5.60 Å². The predicted molar refractivity (Wildman–Crippen MR) is 89.0 cm³/mol. The number of likely N-dealkylation sites (tertiary alicyclic amines) is 1. The fourth-order valence-corrected chi connectivity index (χ4v) is 2.96. The Balaban J connectivity index is 1.94. The van der Waals surface area contributed by atoms with E-state index >= 15 is 0 Å². The van der Waals surface area contributed by atoms with Gasteiger partial charge in [-0.1, -0.05) is 6.42 Å². The van der Waals surface area contributed by atoms with Crippen LogP contribution >= 0.6 is 0 Å². The van der Waals surface area contributed by atoms with Crippen LogP contribution < -0.4 is 5.32 Å². The molecular weight excluding hydrogens is 292 g/mol. The second kappa shape index (κ2) is 7.73. The summed E-state index contributed by atoms with van der Waals surface area (Å²) in [4.78, 5) is 22.9. The third-order valence-corrected chi connectivity index (χ3v) is 4.06. The van der Waals surface area contributed by atoms with Crippen molar-refractivity contribution in [3.05, 3.63) is 24.3 Å². The Morgan fingerprint density at radius 1 is 1.43 bits per heavy atom. The van der Waals surface area contributed by atoms with Gasteiger partial charge in [0.2, 0.25) is 0 Å². The van der Waals surface area contributed by atoms with Gasteiger partial charge in [-0.2, -0.15) is 0 Å². The van der Waals surface area contributed by atoms with Crippen molar-refractivity contribution in [3.8, 4) is 0 Å². The number of alkyl carbamates (subject to hydrolysis) is 1. The molecule has 1 N–H and O–H groups in total. The van der Waals surface area contributed by atoms with E-state index in [0.717, 1.165) is 18.7 Å². The molecule has 23 heavy (non-hydrogen) atoms. The first kappa shape index (κ1) is 17.7. The van der Waals surface area contributed by atoms with Crippen LogP contribution in [0.25, 0.3) is 0 Å². The number of rotatable bonds is 4. The minimum absolute atomic E-state index is 0.189. The molecule has 1 aromatic rings. The van der Waals surface area contributed by atoms with E-state index in [1.807, 2.05) is 27.0 Å². The second-order valence-electron chi connectivity index (χ2n) is 7.08. The highest BCUT2D eigenvalue weighted by Crippen LogP contribution is 2.26. The maximum absolute atomic E-state index is 11.9. The molecule has 0 bridgehead atoms. The zero-order valence-electron chi connectivity index (χ0n) is 14.6. The van der Waals surface area contributed by atoms with Gasteiger partial charge in [-0.15, -0.1) is 0 Å². The van der Waals surface area contributed by atoms with Gasteiger partial charge < -0.3 is 10.1 Å². The smallest absolute Gasteiger partial charge is 0.407 e. The Morgan fingerprint density at radius 3 is 2.87 bits per heavy atom. The maximum Gasteiger partial charge on any atom is 0.407 e. The number of nitrogens with zero attached hydrogens (tertiary/aromatic N) is 3. The lowest BCUT2D eigenvalue weighted by atomic mass is 9.99. The number of nitrogens with one attached hydrogen (secondary N) is 1. The third kappa shape index (κ3) is 5.46. The van der Waals surface area contributed by atoms with E-state index in [0.29, 0.717) is 12.6 Å². The van der Waals surface area contributed by atoms with Gasteiger partial charge in [-0.25, -0.2) is 4.79 Å². The first-order valence-electron chi connectivity index (χ1n) is 8.35. The van der Waals surface area contributed by atoms with Crippen molar-refractivity contribution in [2.24, 2.45) is 0 Å². The number of hydrogen-bond donors (Lipinski definition) is 1. The largest absolute Gasteiger partial charge is 0.444 e. The lowest BCUT2D eigenvalue weighted by Gasteiger charge is -2.39. The summed E-state index contributed by atoms with van der Waals surface area (Å²) >= 11 is 0. The molecule has 1 saturated heterocycles. The predicted octanol–water partition coefficient (Wildman–Crippen LogP) is 2.92. The lowest BCUT2D eigenvalue weighted by Crippen LogP contribution is -2.48. The van der Waals surface area contributed by atoms with Crippen LogP contribution in [0.15, 0.2) is 18.6 Å². The average molecular weight is 320 g/mol. The molecular formula is C17H28N4O2. The summed E-state index contributed by atoms with van der Waals surface area (Å²) in [6.07, 6.45) is 8.31. The van der Waals surface area contributed by atoms with Crippen LogP contribution in [-0.2, 0) is 4.74 Å². The highest BCUT2D eigenvalue weighted by Gasteiger charge is 2.28. The average Bonchev–Trinajstić information content (AvgIpc) is 2.52. The summed E-state index contributed by atoms with van der Waals surface area (Å²) in [7, 11) is 0. The number of piperidine rings is 1.